The molecule has 2 aromatic heterocycles. The van der Waals surface area contributed by atoms with E-state index in [0.717, 1.165) is 51.3 Å². The summed E-state index contributed by atoms with van der Waals surface area (Å²) in [6.45, 7) is 8.56. The van der Waals surface area contributed by atoms with E-state index in [1.807, 2.05) is 35.0 Å². The predicted octanol–water partition coefficient (Wildman–Crippen LogP) is 2.56. The first kappa shape index (κ1) is 17.7. The van der Waals surface area contributed by atoms with Gasteiger partial charge in [-0.05, 0) is 49.5 Å². The highest BCUT2D eigenvalue weighted by molar-refractivity contribution is 5.91. The summed E-state index contributed by atoms with van der Waals surface area (Å²) in [4.78, 5) is 16.9. The second-order valence-electron chi connectivity index (χ2n) is 6.86. The van der Waals surface area contributed by atoms with Crippen LogP contribution in [0.3, 0.4) is 0 Å². The number of likely N-dealkylation sites (tertiary alicyclic amines) is 1. The van der Waals surface area contributed by atoms with Crippen molar-refractivity contribution in [1.82, 2.24) is 19.6 Å². The van der Waals surface area contributed by atoms with Crippen LogP contribution in [-0.2, 0) is 20.0 Å². The second kappa shape index (κ2) is 7.87. The van der Waals surface area contributed by atoms with Crippen LogP contribution in [0.4, 0.5) is 0 Å². The van der Waals surface area contributed by atoms with Crippen LogP contribution < -0.4 is 0 Å². The summed E-state index contributed by atoms with van der Waals surface area (Å²) in [6, 6.07) is 3.74. The van der Waals surface area contributed by atoms with Crippen LogP contribution in [0.25, 0.3) is 0 Å². The highest BCUT2D eigenvalue weighted by Crippen LogP contribution is 2.23. The number of amides is 1. The van der Waals surface area contributed by atoms with Gasteiger partial charge < -0.3 is 9.32 Å². The Balaban J connectivity index is 1.56. The quantitative estimate of drug-likeness (QED) is 0.775. The summed E-state index contributed by atoms with van der Waals surface area (Å²) in [5.74, 6) is 1.83. The van der Waals surface area contributed by atoms with Crippen molar-refractivity contribution in [3.05, 3.63) is 41.6 Å². The molecule has 0 aliphatic carbocycles. The average Bonchev–Trinajstić information content (AvgIpc) is 3.34. The highest BCUT2D eigenvalue weighted by atomic mass is 16.4. The number of hydrogen-bond acceptors (Lipinski definition) is 4. The maximum atomic E-state index is 12.7. The number of hydrogen-bond donors (Lipinski definition) is 0. The number of carbonyl (C=O) groups excluding carboxylic acids is 1. The number of rotatable bonds is 7. The molecule has 6 heteroatoms. The summed E-state index contributed by atoms with van der Waals surface area (Å²) in [5, 5.41) is 4.22. The van der Waals surface area contributed by atoms with Gasteiger partial charge in [-0.2, -0.15) is 5.10 Å². The minimum atomic E-state index is 0.0134. The fraction of sp³-hybridized carbons (Fsp3) is 0.579. The summed E-state index contributed by atoms with van der Waals surface area (Å²) in [6.07, 6.45) is 5.98. The molecule has 3 rings (SSSR count). The molecule has 136 valence electrons. The number of furan rings is 1. The Kier molecular flexibility index (Phi) is 5.58. The first-order chi connectivity index (χ1) is 12.1. The fourth-order valence-corrected chi connectivity index (χ4v) is 3.50. The molecule has 1 unspecified atom stereocenters. The van der Waals surface area contributed by atoms with Gasteiger partial charge in [0.25, 0.3) is 5.91 Å². The lowest BCUT2D eigenvalue weighted by Gasteiger charge is -2.16. The third kappa shape index (κ3) is 4.31. The van der Waals surface area contributed by atoms with Gasteiger partial charge >= 0.3 is 0 Å². The van der Waals surface area contributed by atoms with E-state index in [-0.39, 0.29) is 5.91 Å². The molecule has 6 nitrogen and oxygen atoms in total. The van der Waals surface area contributed by atoms with Crippen LogP contribution >= 0.6 is 0 Å². The van der Waals surface area contributed by atoms with Gasteiger partial charge in [0, 0.05) is 26.3 Å². The lowest BCUT2D eigenvalue weighted by molar-refractivity contribution is 0.0751. The molecule has 3 heterocycles. The first-order valence-corrected chi connectivity index (χ1v) is 9.16. The van der Waals surface area contributed by atoms with Crippen molar-refractivity contribution in [2.75, 3.05) is 26.2 Å². The van der Waals surface area contributed by atoms with Crippen molar-refractivity contribution in [3.63, 3.8) is 0 Å². The summed E-state index contributed by atoms with van der Waals surface area (Å²) >= 11 is 0. The van der Waals surface area contributed by atoms with Crippen molar-refractivity contribution < 1.29 is 9.21 Å². The van der Waals surface area contributed by atoms with E-state index >= 15 is 0 Å². The van der Waals surface area contributed by atoms with Crippen LogP contribution in [0, 0.1) is 5.92 Å². The number of aromatic nitrogens is 2. The average molecular weight is 344 g/mol. The molecule has 0 aromatic carbocycles. The van der Waals surface area contributed by atoms with E-state index in [2.05, 4.69) is 30.0 Å². The molecule has 2 aromatic rings. The van der Waals surface area contributed by atoms with Crippen molar-refractivity contribution in [2.45, 2.75) is 33.2 Å². The molecule has 1 aliphatic heterocycles. The van der Waals surface area contributed by atoms with Crippen molar-refractivity contribution in [1.29, 1.82) is 0 Å². The molecule has 25 heavy (non-hydrogen) atoms. The topological polar surface area (TPSA) is 54.5 Å². The van der Waals surface area contributed by atoms with Crippen molar-refractivity contribution in [3.8, 4) is 0 Å². The van der Waals surface area contributed by atoms with E-state index in [1.54, 1.807) is 0 Å². The standard InChI is InChI=1S/C19H28N4O2/c1-4-22(5-2)14-17-6-7-18(25-17)19(24)23-9-8-15(13-23)10-16-11-20-21(3)12-16/h6-7,11-12,15H,4-5,8-10,13-14H2,1-3H3. The van der Waals surface area contributed by atoms with Gasteiger partial charge in [0.2, 0.25) is 0 Å². The minimum Gasteiger partial charge on any atom is -0.455 e. The Hall–Kier alpha value is -2.08. The van der Waals surface area contributed by atoms with Gasteiger partial charge in [-0.1, -0.05) is 13.8 Å². The second-order valence-corrected chi connectivity index (χ2v) is 6.86. The molecule has 0 radical (unpaired) electrons. The molecule has 0 bridgehead atoms. The number of carbonyl (C=O) groups is 1. The van der Waals surface area contributed by atoms with E-state index < -0.39 is 0 Å². The van der Waals surface area contributed by atoms with Gasteiger partial charge in [0.05, 0.1) is 12.7 Å². The van der Waals surface area contributed by atoms with Crippen molar-refractivity contribution in [2.24, 2.45) is 13.0 Å². The fourth-order valence-electron chi connectivity index (χ4n) is 3.50. The number of nitrogens with zero attached hydrogens (tertiary/aromatic N) is 4. The SMILES string of the molecule is CCN(CC)Cc1ccc(C(=O)N2CCC(Cc3cnn(C)c3)C2)o1. The van der Waals surface area contributed by atoms with E-state index in [0.29, 0.717) is 11.7 Å². The van der Waals surface area contributed by atoms with Gasteiger partial charge in [0.15, 0.2) is 5.76 Å². The zero-order valence-corrected chi connectivity index (χ0v) is 15.4. The number of aryl methyl sites for hydroxylation is 1. The third-order valence-corrected chi connectivity index (χ3v) is 5.00. The molecule has 1 atom stereocenters. The van der Waals surface area contributed by atoms with E-state index in [4.69, 9.17) is 4.42 Å². The maximum absolute atomic E-state index is 12.7. The molecule has 0 N–H and O–H groups in total. The minimum absolute atomic E-state index is 0.0134. The summed E-state index contributed by atoms with van der Waals surface area (Å²) in [7, 11) is 1.93. The van der Waals surface area contributed by atoms with E-state index in [1.165, 1.54) is 5.56 Å². The molecular weight excluding hydrogens is 316 g/mol. The smallest absolute Gasteiger partial charge is 0.289 e. The van der Waals surface area contributed by atoms with Gasteiger partial charge in [-0.25, -0.2) is 0 Å². The Bertz CT molecular complexity index is 702. The Morgan fingerprint density at radius 2 is 2.16 bits per heavy atom. The molecule has 0 spiro atoms. The first-order valence-electron chi connectivity index (χ1n) is 9.16. The lowest BCUT2D eigenvalue weighted by Crippen LogP contribution is -2.28. The Labute approximate surface area is 149 Å². The maximum Gasteiger partial charge on any atom is 0.289 e. The summed E-state index contributed by atoms with van der Waals surface area (Å²) in [5.41, 5.74) is 1.24. The normalized spacial score (nSPS) is 17.6. The molecule has 1 amide bonds. The third-order valence-electron chi connectivity index (χ3n) is 5.00. The molecule has 0 saturated carbocycles. The van der Waals surface area contributed by atoms with Crippen molar-refractivity contribution >= 4 is 5.91 Å². The van der Waals surface area contributed by atoms with Crippen LogP contribution in [0.1, 0.15) is 42.1 Å². The molecular formula is C19H28N4O2. The molecule has 1 fully saturated rings. The largest absolute Gasteiger partial charge is 0.455 e. The lowest BCUT2D eigenvalue weighted by atomic mass is 10.0. The van der Waals surface area contributed by atoms with Crippen LogP contribution in [0.5, 0.6) is 0 Å². The van der Waals surface area contributed by atoms with Gasteiger partial charge in [-0.15, -0.1) is 0 Å². The molecule has 1 aliphatic rings. The summed E-state index contributed by atoms with van der Waals surface area (Å²) < 4.78 is 7.63. The van der Waals surface area contributed by atoms with Crippen LogP contribution in [0.15, 0.2) is 28.9 Å². The van der Waals surface area contributed by atoms with Gasteiger partial charge in [-0.3, -0.25) is 14.4 Å². The predicted molar refractivity (Wildman–Crippen MR) is 96.3 cm³/mol. The Morgan fingerprint density at radius 3 is 2.84 bits per heavy atom. The van der Waals surface area contributed by atoms with Gasteiger partial charge in [0.1, 0.15) is 5.76 Å². The molecule has 1 saturated heterocycles. The van der Waals surface area contributed by atoms with Crippen LogP contribution in [0.2, 0.25) is 0 Å². The zero-order valence-electron chi connectivity index (χ0n) is 15.4. The highest BCUT2D eigenvalue weighted by Gasteiger charge is 2.29. The van der Waals surface area contributed by atoms with Crippen LogP contribution in [-0.4, -0.2) is 51.7 Å². The Morgan fingerprint density at radius 1 is 1.36 bits per heavy atom. The zero-order chi connectivity index (χ0) is 17.8. The monoisotopic (exact) mass is 344 g/mol. The van der Waals surface area contributed by atoms with E-state index in [9.17, 15) is 4.79 Å².